The Labute approximate surface area is 146 Å². The van der Waals surface area contributed by atoms with Crippen LogP contribution in [0.5, 0.6) is 0 Å². The van der Waals surface area contributed by atoms with Crippen LogP contribution in [0.2, 0.25) is 0 Å². The lowest BCUT2D eigenvalue weighted by molar-refractivity contribution is -0.143. The van der Waals surface area contributed by atoms with Crippen molar-refractivity contribution in [1.82, 2.24) is 9.80 Å². The number of Topliss-reactive ketones (excluding diaryl/α,β-unsaturated/α-hetero) is 1. The van der Waals surface area contributed by atoms with Crippen molar-refractivity contribution in [1.29, 1.82) is 0 Å². The van der Waals surface area contributed by atoms with E-state index in [0.717, 1.165) is 58.3 Å². The van der Waals surface area contributed by atoms with Crippen LogP contribution in [-0.4, -0.2) is 53.7 Å². The molecule has 0 aromatic heterocycles. The second-order valence-electron chi connectivity index (χ2n) is 8.36. The summed E-state index contributed by atoms with van der Waals surface area (Å²) in [5, 5.41) is 0. The summed E-state index contributed by atoms with van der Waals surface area (Å²) in [6.45, 7) is 8.06. The molecular weight excluding hydrogens is 300 g/mol. The molecule has 1 saturated heterocycles. The van der Waals surface area contributed by atoms with Gasteiger partial charge in [0.2, 0.25) is 5.91 Å². The normalized spacial score (nSPS) is 33.2. The van der Waals surface area contributed by atoms with Gasteiger partial charge in [0.05, 0.1) is 0 Å². The molecule has 1 heterocycles. The van der Waals surface area contributed by atoms with Crippen LogP contribution in [0, 0.1) is 11.3 Å². The summed E-state index contributed by atoms with van der Waals surface area (Å²) in [4.78, 5) is 28.6. The highest BCUT2D eigenvalue weighted by Crippen LogP contribution is 2.60. The number of amides is 1. The van der Waals surface area contributed by atoms with Crippen LogP contribution < -0.4 is 0 Å². The summed E-state index contributed by atoms with van der Waals surface area (Å²) >= 11 is 0. The molecule has 1 aliphatic heterocycles. The van der Waals surface area contributed by atoms with Gasteiger partial charge in [-0.3, -0.25) is 14.5 Å². The van der Waals surface area contributed by atoms with Crippen molar-refractivity contribution in [3.05, 3.63) is 0 Å². The van der Waals surface area contributed by atoms with Crippen LogP contribution in [0.15, 0.2) is 0 Å². The van der Waals surface area contributed by atoms with Gasteiger partial charge in [0.1, 0.15) is 5.78 Å². The van der Waals surface area contributed by atoms with Crippen LogP contribution in [0.25, 0.3) is 0 Å². The van der Waals surface area contributed by atoms with E-state index in [0.29, 0.717) is 35.5 Å². The molecular formula is C20H34N2O2. The molecule has 0 aromatic carbocycles. The Hall–Kier alpha value is -0.900. The third-order valence-electron chi connectivity index (χ3n) is 6.68. The summed E-state index contributed by atoms with van der Waals surface area (Å²) in [5.41, 5.74) is 0.507. The lowest BCUT2D eigenvalue weighted by Crippen LogP contribution is -2.61. The molecule has 0 aromatic rings. The van der Waals surface area contributed by atoms with E-state index in [1.54, 1.807) is 0 Å². The first-order valence-corrected chi connectivity index (χ1v) is 10.1. The SMILES string of the molecule is CCCCCC(=O)N1CCN(C2CC3(CC(C(=O)CC)C3)C2)CC1. The monoisotopic (exact) mass is 334 g/mol. The molecule has 0 bridgehead atoms. The third kappa shape index (κ3) is 3.68. The molecule has 24 heavy (non-hydrogen) atoms. The number of hydrogen-bond donors (Lipinski definition) is 0. The van der Waals surface area contributed by atoms with Crippen LogP contribution in [0.4, 0.5) is 0 Å². The van der Waals surface area contributed by atoms with Gasteiger partial charge in [0.15, 0.2) is 0 Å². The minimum Gasteiger partial charge on any atom is -0.340 e. The van der Waals surface area contributed by atoms with Gasteiger partial charge in [-0.05, 0) is 37.5 Å². The van der Waals surface area contributed by atoms with Gasteiger partial charge < -0.3 is 4.90 Å². The second kappa shape index (κ2) is 7.55. The van der Waals surface area contributed by atoms with E-state index in [1.807, 2.05) is 6.92 Å². The maximum absolute atomic E-state index is 12.2. The van der Waals surface area contributed by atoms with Crippen molar-refractivity contribution in [3.63, 3.8) is 0 Å². The van der Waals surface area contributed by atoms with Gasteiger partial charge >= 0.3 is 0 Å². The number of rotatable bonds is 7. The number of carbonyl (C=O) groups excluding carboxylic acids is 2. The van der Waals surface area contributed by atoms with E-state index in [2.05, 4.69) is 16.7 Å². The lowest BCUT2D eigenvalue weighted by Gasteiger charge is -2.60. The lowest BCUT2D eigenvalue weighted by atomic mass is 9.49. The van der Waals surface area contributed by atoms with Crippen LogP contribution in [0.1, 0.15) is 71.6 Å². The molecule has 2 aliphatic carbocycles. The fraction of sp³-hybridized carbons (Fsp3) is 0.900. The summed E-state index contributed by atoms with van der Waals surface area (Å²) in [6, 6.07) is 0.708. The fourth-order valence-electron chi connectivity index (χ4n) is 5.05. The molecule has 0 N–H and O–H groups in total. The third-order valence-corrected chi connectivity index (χ3v) is 6.68. The molecule has 1 amide bonds. The van der Waals surface area contributed by atoms with E-state index >= 15 is 0 Å². The van der Waals surface area contributed by atoms with Gasteiger partial charge in [-0.1, -0.05) is 26.7 Å². The van der Waals surface area contributed by atoms with E-state index in [9.17, 15) is 9.59 Å². The van der Waals surface area contributed by atoms with Crippen molar-refractivity contribution in [2.24, 2.45) is 11.3 Å². The Bertz CT molecular complexity index is 454. The molecule has 4 heteroatoms. The predicted octanol–water partition coefficient (Wildman–Crippen LogP) is 3.25. The van der Waals surface area contributed by atoms with Crippen molar-refractivity contribution in [3.8, 4) is 0 Å². The van der Waals surface area contributed by atoms with E-state index < -0.39 is 0 Å². The van der Waals surface area contributed by atoms with Crippen LogP contribution >= 0.6 is 0 Å². The fourth-order valence-corrected chi connectivity index (χ4v) is 5.05. The van der Waals surface area contributed by atoms with Gasteiger partial charge in [-0.25, -0.2) is 0 Å². The zero-order valence-corrected chi connectivity index (χ0v) is 15.6. The molecule has 1 spiro atoms. The Kier molecular flexibility index (Phi) is 5.63. The average molecular weight is 335 g/mol. The standard InChI is InChI=1S/C20H34N2O2/c1-3-5-6-7-19(24)22-10-8-21(9-11-22)17-14-20(15-17)12-16(13-20)18(23)4-2/h16-17H,3-15H2,1-2H3. The Morgan fingerprint density at radius 2 is 1.62 bits per heavy atom. The van der Waals surface area contributed by atoms with E-state index in [1.165, 1.54) is 19.3 Å². The minimum absolute atomic E-state index is 0.355. The highest BCUT2D eigenvalue weighted by atomic mass is 16.2. The Morgan fingerprint density at radius 3 is 2.21 bits per heavy atom. The van der Waals surface area contributed by atoms with Gasteiger partial charge in [0.25, 0.3) is 0 Å². The summed E-state index contributed by atoms with van der Waals surface area (Å²) < 4.78 is 0. The zero-order chi connectivity index (χ0) is 17.2. The maximum Gasteiger partial charge on any atom is 0.222 e. The van der Waals surface area contributed by atoms with Crippen molar-refractivity contribution < 1.29 is 9.59 Å². The Balaban J connectivity index is 1.34. The van der Waals surface area contributed by atoms with E-state index in [-0.39, 0.29) is 0 Å². The number of unbranched alkanes of at least 4 members (excludes halogenated alkanes) is 2. The topological polar surface area (TPSA) is 40.6 Å². The molecule has 2 saturated carbocycles. The predicted molar refractivity (Wildman–Crippen MR) is 95.8 cm³/mol. The largest absolute Gasteiger partial charge is 0.340 e. The maximum atomic E-state index is 12.2. The van der Waals surface area contributed by atoms with Crippen molar-refractivity contribution in [2.45, 2.75) is 77.7 Å². The Morgan fingerprint density at radius 1 is 0.958 bits per heavy atom. The molecule has 136 valence electrons. The summed E-state index contributed by atoms with van der Waals surface area (Å²) in [5.74, 6) is 1.20. The first-order valence-electron chi connectivity index (χ1n) is 10.1. The average Bonchev–Trinajstić information content (AvgIpc) is 2.52. The first-order chi connectivity index (χ1) is 11.6. The van der Waals surface area contributed by atoms with Gasteiger partial charge in [-0.15, -0.1) is 0 Å². The summed E-state index contributed by atoms with van der Waals surface area (Å²) in [6.07, 6.45) is 9.67. The highest BCUT2D eigenvalue weighted by Gasteiger charge is 2.55. The number of piperazine rings is 1. The molecule has 3 aliphatic rings. The van der Waals surface area contributed by atoms with Gasteiger partial charge in [0, 0.05) is 51.0 Å². The number of carbonyl (C=O) groups is 2. The molecule has 0 atom stereocenters. The molecule has 3 rings (SSSR count). The number of ketones is 1. The van der Waals surface area contributed by atoms with Crippen LogP contribution in [-0.2, 0) is 9.59 Å². The number of hydrogen-bond acceptors (Lipinski definition) is 3. The molecule has 4 nitrogen and oxygen atoms in total. The molecule has 0 unspecified atom stereocenters. The molecule has 0 radical (unpaired) electrons. The second-order valence-corrected chi connectivity index (χ2v) is 8.36. The highest BCUT2D eigenvalue weighted by molar-refractivity contribution is 5.81. The van der Waals surface area contributed by atoms with Gasteiger partial charge in [-0.2, -0.15) is 0 Å². The summed E-state index contributed by atoms with van der Waals surface area (Å²) in [7, 11) is 0. The van der Waals surface area contributed by atoms with E-state index in [4.69, 9.17) is 0 Å². The smallest absolute Gasteiger partial charge is 0.222 e. The quantitative estimate of drug-likeness (QED) is 0.671. The first kappa shape index (κ1) is 17.9. The minimum atomic E-state index is 0.355. The van der Waals surface area contributed by atoms with Crippen molar-refractivity contribution in [2.75, 3.05) is 26.2 Å². The van der Waals surface area contributed by atoms with Crippen molar-refractivity contribution >= 4 is 11.7 Å². The zero-order valence-electron chi connectivity index (χ0n) is 15.6. The number of nitrogens with zero attached hydrogens (tertiary/aromatic N) is 2. The van der Waals surface area contributed by atoms with Crippen LogP contribution in [0.3, 0.4) is 0 Å². The molecule has 3 fully saturated rings.